The largest absolute Gasteiger partial charge is 0.489 e. The molecule has 1 aliphatic rings. The second-order valence-electron chi connectivity index (χ2n) is 4.51. The third kappa shape index (κ3) is 2.54. The van der Waals surface area contributed by atoms with Crippen molar-refractivity contribution in [2.75, 3.05) is 0 Å². The molecule has 0 saturated carbocycles. The van der Waals surface area contributed by atoms with Gasteiger partial charge in [-0.2, -0.15) is 0 Å². The van der Waals surface area contributed by atoms with Crippen molar-refractivity contribution < 1.29 is 9.53 Å². The first-order valence-electron chi connectivity index (χ1n) is 6.11. The molecule has 1 heterocycles. The summed E-state index contributed by atoms with van der Waals surface area (Å²) in [5.41, 5.74) is 2.84. The maximum Gasteiger partial charge on any atom is 0.163 e. The van der Waals surface area contributed by atoms with Crippen LogP contribution in [0.4, 0.5) is 0 Å². The number of Topliss-reactive ketones (excluding diaryl/α,β-unsaturated/α-hetero) is 1. The Hall–Kier alpha value is -1.68. The lowest BCUT2D eigenvalue weighted by molar-refractivity contribution is 0.0994. The van der Waals surface area contributed by atoms with E-state index in [-0.39, 0.29) is 5.78 Å². The molecular weight excluding hydrogens is 306 g/mol. The van der Waals surface area contributed by atoms with Crippen molar-refractivity contribution in [2.45, 2.75) is 19.4 Å². The molecule has 1 aliphatic carbocycles. The number of carbonyl (C=O) groups is 1. The van der Waals surface area contributed by atoms with Crippen LogP contribution in [-0.4, -0.2) is 10.8 Å². The third-order valence-electron chi connectivity index (χ3n) is 3.19. The number of carbonyl (C=O) groups excluding carboxylic acids is 1. The molecule has 2 aromatic rings. The van der Waals surface area contributed by atoms with Gasteiger partial charge in [-0.3, -0.25) is 9.78 Å². The van der Waals surface area contributed by atoms with Crippen molar-refractivity contribution in [1.82, 2.24) is 4.98 Å². The second-order valence-corrected chi connectivity index (χ2v) is 5.42. The van der Waals surface area contributed by atoms with E-state index >= 15 is 0 Å². The highest BCUT2D eigenvalue weighted by Crippen LogP contribution is 2.30. The van der Waals surface area contributed by atoms with E-state index in [0.29, 0.717) is 13.0 Å². The molecule has 4 heteroatoms. The molecule has 19 heavy (non-hydrogen) atoms. The van der Waals surface area contributed by atoms with Gasteiger partial charge in [-0.15, -0.1) is 0 Å². The minimum absolute atomic E-state index is 0.213. The number of aromatic nitrogens is 1. The van der Waals surface area contributed by atoms with Crippen molar-refractivity contribution in [3.8, 4) is 5.75 Å². The first-order valence-corrected chi connectivity index (χ1v) is 6.90. The summed E-state index contributed by atoms with van der Waals surface area (Å²) in [5.74, 6) is 1.02. The Labute approximate surface area is 119 Å². The molecule has 3 rings (SSSR count). The normalized spacial score (nSPS) is 13.4. The molecule has 3 nitrogen and oxygen atoms in total. The molecule has 0 aliphatic heterocycles. The molecule has 0 fully saturated rings. The lowest BCUT2D eigenvalue weighted by Gasteiger charge is -2.10. The van der Waals surface area contributed by atoms with E-state index in [1.54, 1.807) is 12.4 Å². The fourth-order valence-corrected chi connectivity index (χ4v) is 2.70. The molecule has 0 spiro atoms. The number of hydrogen-bond acceptors (Lipinski definition) is 3. The van der Waals surface area contributed by atoms with E-state index in [1.165, 1.54) is 0 Å². The van der Waals surface area contributed by atoms with Gasteiger partial charge >= 0.3 is 0 Å². The summed E-state index contributed by atoms with van der Waals surface area (Å²) in [5, 5.41) is 0. The van der Waals surface area contributed by atoms with E-state index in [4.69, 9.17) is 4.74 Å². The maximum atomic E-state index is 11.7. The highest BCUT2D eigenvalue weighted by atomic mass is 79.9. The summed E-state index contributed by atoms with van der Waals surface area (Å²) in [6, 6.07) is 7.64. The topological polar surface area (TPSA) is 39.2 Å². The zero-order chi connectivity index (χ0) is 13.2. The van der Waals surface area contributed by atoms with Crippen LogP contribution in [0.15, 0.2) is 41.1 Å². The molecule has 0 atom stereocenters. The molecule has 0 bridgehead atoms. The number of rotatable bonds is 3. The van der Waals surface area contributed by atoms with E-state index < -0.39 is 0 Å². The average molecular weight is 318 g/mol. The van der Waals surface area contributed by atoms with Gasteiger partial charge in [-0.1, -0.05) is 12.1 Å². The quantitative estimate of drug-likeness (QED) is 0.869. The second kappa shape index (κ2) is 5.13. The average Bonchev–Trinajstić information content (AvgIpc) is 2.79. The number of ketones is 1. The Morgan fingerprint density at radius 1 is 1.26 bits per heavy atom. The van der Waals surface area contributed by atoms with Crippen LogP contribution in [0.3, 0.4) is 0 Å². The molecule has 0 amide bonds. The number of pyridine rings is 1. The van der Waals surface area contributed by atoms with Crippen LogP contribution in [0.1, 0.15) is 27.9 Å². The summed E-state index contributed by atoms with van der Waals surface area (Å²) in [6.45, 7) is 0.455. The van der Waals surface area contributed by atoms with Crippen LogP contribution in [0.5, 0.6) is 5.75 Å². The standard InChI is InChI=1S/C15H12BrNO2/c16-11-6-10(7-17-8-11)9-19-15-3-1-2-12-13(15)4-5-14(12)18/h1-3,6-8H,4-5,9H2. The van der Waals surface area contributed by atoms with Gasteiger partial charge in [0, 0.05) is 40.0 Å². The number of hydrogen-bond donors (Lipinski definition) is 0. The Morgan fingerprint density at radius 2 is 2.16 bits per heavy atom. The Morgan fingerprint density at radius 3 is 3.00 bits per heavy atom. The SMILES string of the molecule is O=C1CCc2c(OCc3cncc(Br)c3)cccc21. The number of halogens is 1. The first-order chi connectivity index (χ1) is 9.24. The lowest BCUT2D eigenvalue weighted by atomic mass is 10.1. The number of nitrogens with zero attached hydrogens (tertiary/aromatic N) is 1. The molecule has 0 radical (unpaired) electrons. The van der Waals surface area contributed by atoms with Crippen molar-refractivity contribution >= 4 is 21.7 Å². The van der Waals surface area contributed by atoms with Crippen LogP contribution in [0, 0.1) is 0 Å². The third-order valence-corrected chi connectivity index (χ3v) is 3.63. The van der Waals surface area contributed by atoms with E-state index in [9.17, 15) is 4.79 Å². The van der Waals surface area contributed by atoms with E-state index in [0.717, 1.165) is 33.3 Å². The smallest absolute Gasteiger partial charge is 0.163 e. The molecule has 1 aromatic carbocycles. The monoisotopic (exact) mass is 317 g/mol. The molecule has 1 aromatic heterocycles. The van der Waals surface area contributed by atoms with Gasteiger partial charge in [0.15, 0.2) is 5.78 Å². The van der Waals surface area contributed by atoms with Crippen molar-refractivity contribution in [3.63, 3.8) is 0 Å². The molecule has 0 unspecified atom stereocenters. The van der Waals surface area contributed by atoms with Crippen molar-refractivity contribution in [1.29, 1.82) is 0 Å². The fourth-order valence-electron chi connectivity index (χ4n) is 2.29. The molecule has 0 N–H and O–H groups in total. The van der Waals surface area contributed by atoms with Crippen LogP contribution < -0.4 is 4.74 Å². The van der Waals surface area contributed by atoms with Gasteiger partial charge in [-0.05, 0) is 34.5 Å². The summed E-state index contributed by atoms with van der Waals surface area (Å²) >= 11 is 3.38. The predicted molar refractivity (Wildman–Crippen MR) is 75.4 cm³/mol. The summed E-state index contributed by atoms with van der Waals surface area (Å²) in [6.07, 6.45) is 4.89. The summed E-state index contributed by atoms with van der Waals surface area (Å²) < 4.78 is 6.76. The van der Waals surface area contributed by atoms with Gasteiger partial charge in [0.25, 0.3) is 0 Å². The van der Waals surface area contributed by atoms with Crippen molar-refractivity contribution in [3.05, 3.63) is 57.8 Å². The van der Waals surface area contributed by atoms with Gasteiger partial charge in [0.1, 0.15) is 12.4 Å². The lowest BCUT2D eigenvalue weighted by Crippen LogP contribution is -1.99. The number of ether oxygens (including phenoxy) is 1. The number of benzene rings is 1. The highest BCUT2D eigenvalue weighted by molar-refractivity contribution is 9.10. The van der Waals surface area contributed by atoms with Crippen LogP contribution in [0.2, 0.25) is 0 Å². The zero-order valence-corrected chi connectivity index (χ0v) is 11.8. The first kappa shape index (κ1) is 12.4. The van der Waals surface area contributed by atoms with Gasteiger partial charge < -0.3 is 4.74 Å². The predicted octanol–water partition coefficient (Wildman–Crippen LogP) is 3.55. The Kier molecular flexibility index (Phi) is 3.34. The van der Waals surface area contributed by atoms with E-state index in [1.807, 2.05) is 24.3 Å². The maximum absolute atomic E-state index is 11.7. The van der Waals surface area contributed by atoms with Crippen molar-refractivity contribution in [2.24, 2.45) is 0 Å². The number of fused-ring (bicyclic) bond motifs is 1. The van der Waals surface area contributed by atoms with Crippen LogP contribution >= 0.6 is 15.9 Å². The zero-order valence-electron chi connectivity index (χ0n) is 10.2. The minimum atomic E-state index is 0.213. The fraction of sp³-hybridized carbons (Fsp3) is 0.200. The summed E-state index contributed by atoms with van der Waals surface area (Å²) in [4.78, 5) is 15.8. The molecule has 0 saturated heterocycles. The Bertz CT molecular complexity index is 640. The Balaban J connectivity index is 1.80. The van der Waals surface area contributed by atoms with Gasteiger partial charge in [0.2, 0.25) is 0 Å². The molecule has 96 valence electrons. The highest BCUT2D eigenvalue weighted by Gasteiger charge is 2.22. The van der Waals surface area contributed by atoms with Crippen LogP contribution in [-0.2, 0) is 13.0 Å². The summed E-state index contributed by atoms with van der Waals surface area (Å²) in [7, 11) is 0. The minimum Gasteiger partial charge on any atom is -0.489 e. The van der Waals surface area contributed by atoms with Gasteiger partial charge in [0.05, 0.1) is 0 Å². The van der Waals surface area contributed by atoms with Gasteiger partial charge in [-0.25, -0.2) is 0 Å². The van der Waals surface area contributed by atoms with Crippen LogP contribution in [0.25, 0.3) is 0 Å². The molecular formula is C15H12BrNO2. The van der Waals surface area contributed by atoms with E-state index in [2.05, 4.69) is 20.9 Å².